The largest absolute Gasteiger partial charge is 0.468 e. The maximum Gasteiger partial charge on any atom is 0.123 e. The van der Waals surface area contributed by atoms with Crippen LogP contribution in [0.1, 0.15) is 16.9 Å². The number of furan rings is 1. The van der Waals surface area contributed by atoms with Crippen LogP contribution < -0.4 is 5.32 Å². The highest BCUT2D eigenvalue weighted by Crippen LogP contribution is 2.14. The van der Waals surface area contributed by atoms with Crippen LogP contribution in [0, 0.1) is 5.82 Å². The molecule has 0 saturated heterocycles. The first-order valence-electron chi connectivity index (χ1n) is 6.32. The van der Waals surface area contributed by atoms with E-state index in [9.17, 15) is 4.39 Å². The van der Waals surface area contributed by atoms with Crippen LogP contribution in [0.4, 0.5) is 4.39 Å². The van der Waals surface area contributed by atoms with Gasteiger partial charge in [0, 0.05) is 18.7 Å². The van der Waals surface area contributed by atoms with E-state index >= 15 is 0 Å². The van der Waals surface area contributed by atoms with Gasteiger partial charge in [-0.2, -0.15) is 0 Å². The van der Waals surface area contributed by atoms with Gasteiger partial charge in [-0.25, -0.2) is 4.39 Å². The average molecular weight is 262 g/mol. The Morgan fingerprint density at radius 1 is 1.26 bits per heavy atom. The third kappa shape index (κ3) is 3.91. The van der Waals surface area contributed by atoms with E-state index in [2.05, 4.69) is 10.2 Å². The van der Waals surface area contributed by atoms with Crippen LogP contribution in [0.3, 0.4) is 0 Å². The highest BCUT2D eigenvalue weighted by atomic mass is 19.1. The molecule has 0 radical (unpaired) electrons. The van der Waals surface area contributed by atoms with Crippen molar-refractivity contribution in [1.82, 2.24) is 10.2 Å². The van der Waals surface area contributed by atoms with Crippen molar-refractivity contribution in [3.05, 3.63) is 59.3 Å². The van der Waals surface area contributed by atoms with Crippen molar-refractivity contribution >= 4 is 0 Å². The summed E-state index contributed by atoms with van der Waals surface area (Å²) in [5.74, 6) is 0.757. The molecule has 0 amide bonds. The molecule has 0 bridgehead atoms. The van der Waals surface area contributed by atoms with E-state index < -0.39 is 0 Å². The number of nitrogens with zero attached hydrogens (tertiary/aromatic N) is 1. The van der Waals surface area contributed by atoms with Gasteiger partial charge >= 0.3 is 0 Å². The van der Waals surface area contributed by atoms with Crippen molar-refractivity contribution in [1.29, 1.82) is 0 Å². The molecular formula is C15H19FN2O. The molecule has 4 heteroatoms. The van der Waals surface area contributed by atoms with Gasteiger partial charge in [-0.05, 0) is 37.9 Å². The molecule has 0 aliphatic rings. The number of rotatable bonds is 6. The summed E-state index contributed by atoms with van der Waals surface area (Å²) < 4.78 is 18.6. The predicted octanol–water partition coefficient (Wildman–Crippen LogP) is 2.77. The van der Waals surface area contributed by atoms with Gasteiger partial charge in [-0.15, -0.1) is 0 Å². The summed E-state index contributed by atoms with van der Waals surface area (Å²) in [4.78, 5) is 2.10. The molecule has 0 saturated carbocycles. The normalized spacial score (nSPS) is 11.2. The topological polar surface area (TPSA) is 28.4 Å². The molecule has 0 aliphatic heterocycles. The second kappa shape index (κ2) is 6.50. The highest BCUT2D eigenvalue weighted by Gasteiger charge is 2.09. The molecular weight excluding hydrogens is 243 g/mol. The van der Waals surface area contributed by atoms with Gasteiger partial charge in [0.05, 0.1) is 12.8 Å². The Morgan fingerprint density at radius 2 is 2.11 bits per heavy atom. The zero-order valence-electron chi connectivity index (χ0n) is 11.3. The SMILES string of the molecule is CNCc1ccoc1CN(C)Cc1cccc(F)c1. The Bertz CT molecular complexity index is 524. The number of hydrogen-bond donors (Lipinski definition) is 1. The predicted molar refractivity (Wildman–Crippen MR) is 73.0 cm³/mol. The van der Waals surface area contributed by atoms with Gasteiger partial charge in [0.1, 0.15) is 11.6 Å². The van der Waals surface area contributed by atoms with Gasteiger partial charge in [-0.3, -0.25) is 4.90 Å². The lowest BCUT2D eigenvalue weighted by Crippen LogP contribution is -2.18. The van der Waals surface area contributed by atoms with Gasteiger partial charge in [-0.1, -0.05) is 12.1 Å². The molecule has 3 nitrogen and oxygen atoms in total. The summed E-state index contributed by atoms with van der Waals surface area (Å²) in [6.45, 7) is 2.19. The Kier molecular flexibility index (Phi) is 4.71. The average Bonchev–Trinajstić information content (AvgIpc) is 2.77. The molecule has 2 aromatic rings. The van der Waals surface area contributed by atoms with Crippen LogP contribution in [0.25, 0.3) is 0 Å². The van der Waals surface area contributed by atoms with Crippen LogP contribution in [0.2, 0.25) is 0 Å². The lowest BCUT2D eigenvalue weighted by atomic mass is 10.2. The maximum atomic E-state index is 13.1. The molecule has 0 fully saturated rings. The fraction of sp³-hybridized carbons (Fsp3) is 0.333. The van der Waals surface area contributed by atoms with Crippen LogP contribution in [0.15, 0.2) is 41.0 Å². The molecule has 2 rings (SSSR count). The summed E-state index contributed by atoms with van der Waals surface area (Å²) in [7, 11) is 3.91. The zero-order valence-corrected chi connectivity index (χ0v) is 11.3. The van der Waals surface area contributed by atoms with E-state index in [1.165, 1.54) is 6.07 Å². The van der Waals surface area contributed by atoms with E-state index in [0.717, 1.165) is 23.4 Å². The number of benzene rings is 1. The van der Waals surface area contributed by atoms with Crippen LogP contribution in [-0.2, 0) is 19.6 Å². The lowest BCUT2D eigenvalue weighted by Gasteiger charge is -2.16. The second-order valence-electron chi connectivity index (χ2n) is 4.70. The second-order valence-corrected chi connectivity index (χ2v) is 4.70. The highest BCUT2D eigenvalue weighted by molar-refractivity contribution is 5.18. The first kappa shape index (κ1) is 13.8. The standard InChI is InChI=1S/C15H19FN2O/c1-17-9-13-6-7-19-15(13)11-18(2)10-12-4-3-5-14(16)8-12/h3-8,17H,9-11H2,1-2H3. The minimum Gasteiger partial charge on any atom is -0.468 e. The van der Waals surface area contributed by atoms with Gasteiger partial charge < -0.3 is 9.73 Å². The minimum atomic E-state index is -0.195. The summed E-state index contributed by atoms with van der Waals surface area (Å²) in [5, 5.41) is 3.11. The molecule has 1 aromatic carbocycles. The molecule has 19 heavy (non-hydrogen) atoms. The van der Waals surface area contributed by atoms with E-state index in [1.54, 1.807) is 18.4 Å². The van der Waals surface area contributed by atoms with Gasteiger partial charge in [0.2, 0.25) is 0 Å². The third-order valence-electron chi connectivity index (χ3n) is 2.96. The quantitative estimate of drug-likeness (QED) is 0.867. The first-order chi connectivity index (χ1) is 9.19. The molecule has 0 atom stereocenters. The Hall–Kier alpha value is -1.65. The van der Waals surface area contributed by atoms with E-state index in [0.29, 0.717) is 13.1 Å². The first-order valence-corrected chi connectivity index (χ1v) is 6.32. The Labute approximate surface area is 113 Å². The van der Waals surface area contributed by atoms with Gasteiger partial charge in [0.25, 0.3) is 0 Å². The molecule has 0 spiro atoms. The lowest BCUT2D eigenvalue weighted by molar-refractivity contribution is 0.285. The summed E-state index contributed by atoms with van der Waals surface area (Å²) in [5.41, 5.74) is 2.12. The van der Waals surface area contributed by atoms with Crippen molar-refractivity contribution < 1.29 is 8.81 Å². The molecule has 1 N–H and O–H groups in total. The molecule has 0 aliphatic carbocycles. The molecule has 102 valence electrons. The summed E-state index contributed by atoms with van der Waals surface area (Å²) in [6, 6.07) is 8.66. The van der Waals surface area contributed by atoms with Crippen molar-refractivity contribution in [2.24, 2.45) is 0 Å². The molecule has 0 unspecified atom stereocenters. The maximum absolute atomic E-state index is 13.1. The van der Waals surface area contributed by atoms with Gasteiger partial charge in [0.15, 0.2) is 0 Å². The van der Waals surface area contributed by atoms with Crippen molar-refractivity contribution in [2.45, 2.75) is 19.6 Å². The summed E-state index contributed by atoms with van der Waals surface area (Å²) >= 11 is 0. The fourth-order valence-electron chi connectivity index (χ4n) is 2.10. The minimum absolute atomic E-state index is 0.195. The van der Waals surface area contributed by atoms with Crippen LogP contribution in [-0.4, -0.2) is 19.0 Å². The van der Waals surface area contributed by atoms with Crippen LogP contribution in [0.5, 0.6) is 0 Å². The Balaban J connectivity index is 1.97. The summed E-state index contributed by atoms with van der Waals surface area (Å²) in [6.07, 6.45) is 1.71. The Morgan fingerprint density at radius 3 is 2.84 bits per heavy atom. The number of halogens is 1. The van der Waals surface area contributed by atoms with E-state index in [-0.39, 0.29) is 5.82 Å². The number of hydrogen-bond acceptors (Lipinski definition) is 3. The molecule has 1 aromatic heterocycles. The molecule has 1 heterocycles. The smallest absolute Gasteiger partial charge is 0.123 e. The third-order valence-corrected chi connectivity index (χ3v) is 2.96. The van der Waals surface area contributed by atoms with Crippen molar-refractivity contribution in [3.8, 4) is 0 Å². The number of nitrogens with one attached hydrogen (secondary N) is 1. The fourth-order valence-corrected chi connectivity index (χ4v) is 2.10. The monoisotopic (exact) mass is 262 g/mol. The van der Waals surface area contributed by atoms with Crippen LogP contribution >= 0.6 is 0 Å². The van der Waals surface area contributed by atoms with E-state index in [4.69, 9.17) is 4.42 Å². The zero-order chi connectivity index (χ0) is 13.7. The van der Waals surface area contributed by atoms with Crippen molar-refractivity contribution in [3.63, 3.8) is 0 Å². The van der Waals surface area contributed by atoms with Crippen molar-refractivity contribution in [2.75, 3.05) is 14.1 Å². The van der Waals surface area contributed by atoms with E-state index in [1.807, 2.05) is 26.2 Å².